The Hall–Kier alpha value is -0.620. The van der Waals surface area contributed by atoms with Crippen LogP contribution in [0, 0.1) is 33.6 Å². The topological polar surface area (TPSA) is 63.4 Å². The number of hydrogen-bond acceptors (Lipinski definition) is 3. The lowest BCUT2D eigenvalue weighted by molar-refractivity contribution is 0.278. The van der Waals surface area contributed by atoms with Gasteiger partial charge in [0.05, 0.1) is 4.90 Å². The molecule has 0 bridgehead atoms. The first-order valence-electron chi connectivity index (χ1n) is 7.56. The van der Waals surface area contributed by atoms with Crippen LogP contribution < -0.4 is 5.73 Å². The Bertz CT molecular complexity index is 610. The first-order chi connectivity index (χ1) is 9.78. The van der Waals surface area contributed by atoms with Crippen molar-refractivity contribution in [3.8, 4) is 0 Å². The molecule has 126 valence electrons. The molecule has 1 aromatic carbocycles. The summed E-state index contributed by atoms with van der Waals surface area (Å²) in [6.45, 7) is 9.56. The summed E-state index contributed by atoms with van der Waals surface area (Å²) in [5.41, 5.74) is 9.51. The quantitative estimate of drug-likeness (QED) is 0.915. The monoisotopic (exact) mass is 346 g/mol. The van der Waals surface area contributed by atoms with Gasteiger partial charge < -0.3 is 5.73 Å². The predicted molar refractivity (Wildman–Crippen MR) is 93.2 cm³/mol. The zero-order chi connectivity index (χ0) is 15.8. The third kappa shape index (κ3) is 3.48. The van der Waals surface area contributed by atoms with Gasteiger partial charge in [0.1, 0.15) is 0 Å². The standard InChI is InChI=1S/C16H26N2O2S.ClH/c1-11-9-12(2)14(4)16(13(11)3)21(19,20)18-7-5-15(10-17)6-8-18;/h9,15H,5-8,10,17H2,1-4H3;1H. The summed E-state index contributed by atoms with van der Waals surface area (Å²) >= 11 is 0. The highest BCUT2D eigenvalue weighted by molar-refractivity contribution is 7.89. The highest BCUT2D eigenvalue weighted by Gasteiger charge is 2.31. The second-order valence-corrected chi connectivity index (χ2v) is 8.05. The van der Waals surface area contributed by atoms with Crippen LogP contribution in [0.4, 0.5) is 0 Å². The molecule has 0 spiro atoms. The van der Waals surface area contributed by atoms with E-state index in [1.807, 2.05) is 27.7 Å². The zero-order valence-electron chi connectivity index (χ0n) is 13.8. The summed E-state index contributed by atoms with van der Waals surface area (Å²) in [5.74, 6) is 0.456. The highest BCUT2D eigenvalue weighted by atomic mass is 35.5. The minimum absolute atomic E-state index is 0. The lowest BCUT2D eigenvalue weighted by Crippen LogP contribution is -2.40. The van der Waals surface area contributed by atoms with Gasteiger partial charge in [0.25, 0.3) is 0 Å². The molecule has 2 rings (SSSR count). The van der Waals surface area contributed by atoms with Gasteiger partial charge in [-0.1, -0.05) is 6.07 Å². The van der Waals surface area contributed by atoms with Crippen LogP contribution >= 0.6 is 12.4 Å². The summed E-state index contributed by atoms with van der Waals surface area (Å²) < 4.78 is 27.7. The van der Waals surface area contributed by atoms with Crippen LogP contribution in [0.15, 0.2) is 11.0 Å². The molecule has 4 nitrogen and oxygen atoms in total. The van der Waals surface area contributed by atoms with Crippen molar-refractivity contribution in [2.45, 2.75) is 45.4 Å². The summed E-state index contributed by atoms with van der Waals surface area (Å²) in [4.78, 5) is 0.506. The van der Waals surface area contributed by atoms with E-state index in [4.69, 9.17) is 5.73 Å². The largest absolute Gasteiger partial charge is 0.330 e. The van der Waals surface area contributed by atoms with Crippen molar-refractivity contribution >= 4 is 22.4 Å². The Labute approximate surface area is 140 Å². The smallest absolute Gasteiger partial charge is 0.243 e. The highest BCUT2D eigenvalue weighted by Crippen LogP contribution is 2.30. The molecule has 6 heteroatoms. The van der Waals surface area contributed by atoms with Crippen LogP contribution in [0.1, 0.15) is 35.1 Å². The molecular formula is C16H27ClN2O2S. The number of aryl methyl sites for hydroxylation is 2. The van der Waals surface area contributed by atoms with E-state index in [-0.39, 0.29) is 12.4 Å². The Kier molecular flexibility index (Phi) is 6.45. The first kappa shape index (κ1) is 19.4. The molecule has 0 aromatic heterocycles. The Balaban J connectivity index is 0.00000242. The zero-order valence-corrected chi connectivity index (χ0v) is 15.5. The SMILES string of the molecule is Cc1cc(C)c(C)c(S(=O)(=O)N2CCC(CN)CC2)c1C.Cl. The fourth-order valence-corrected chi connectivity index (χ4v) is 5.13. The van der Waals surface area contributed by atoms with Crippen LogP contribution in [-0.4, -0.2) is 32.4 Å². The number of hydrogen-bond donors (Lipinski definition) is 1. The third-order valence-corrected chi connectivity index (χ3v) is 6.98. The van der Waals surface area contributed by atoms with Gasteiger partial charge in [-0.2, -0.15) is 4.31 Å². The van der Waals surface area contributed by atoms with E-state index in [1.54, 1.807) is 4.31 Å². The molecule has 0 unspecified atom stereocenters. The van der Waals surface area contributed by atoms with Gasteiger partial charge in [0.15, 0.2) is 0 Å². The van der Waals surface area contributed by atoms with Gasteiger partial charge in [0, 0.05) is 13.1 Å². The summed E-state index contributed by atoms with van der Waals surface area (Å²) in [7, 11) is -3.41. The number of piperidine rings is 1. The molecule has 1 aliphatic rings. The molecule has 1 aromatic rings. The van der Waals surface area contributed by atoms with Crippen LogP contribution in [-0.2, 0) is 10.0 Å². The van der Waals surface area contributed by atoms with Crippen LogP contribution in [0.25, 0.3) is 0 Å². The Morgan fingerprint density at radius 1 is 1.09 bits per heavy atom. The Morgan fingerprint density at radius 3 is 1.95 bits per heavy atom. The van der Waals surface area contributed by atoms with E-state index in [2.05, 4.69) is 6.07 Å². The minimum Gasteiger partial charge on any atom is -0.330 e. The number of halogens is 1. The van der Waals surface area contributed by atoms with E-state index in [0.717, 1.165) is 35.1 Å². The molecule has 0 saturated carbocycles. The van der Waals surface area contributed by atoms with Crippen LogP contribution in [0.2, 0.25) is 0 Å². The Morgan fingerprint density at radius 2 is 1.55 bits per heavy atom. The van der Waals surface area contributed by atoms with Gasteiger partial charge in [-0.25, -0.2) is 8.42 Å². The van der Waals surface area contributed by atoms with Gasteiger partial charge in [-0.3, -0.25) is 0 Å². The summed E-state index contributed by atoms with van der Waals surface area (Å²) in [6, 6.07) is 2.06. The molecule has 1 heterocycles. The summed E-state index contributed by atoms with van der Waals surface area (Å²) in [5, 5.41) is 0. The van der Waals surface area contributed by atoms with Crippen molar-refractivity contribution in [1.82, 2.24) is 4.31 Å². The van der Waals surface area contributed by atoms with E-state index < -0.39 is 10.0 Å². The molecule has 1 aliphatic heterocycles. The fourth-order valence-electron chi connectivity index (χ4n) is 3.08. The molecule has 0 radical (unpaired) electrons. The molecular weight excluding hydrogens is 320 g/mol. The van der Waals surface area contributed by atoms with Crippen molar-refractivity contribution in [3.05, 3.63) is 28.3 Å². The molecule has 2 N–H and O–H groups in total. The van der Waals surface area contributed by atoms with Gasteiger partial charge in [-0.05, 0) is 75.3 Å². The van der Waals surface area contributed by atoms with Crippen LogP contribution in [0.3, 0.4) is 0 Å². The fraction of sp³-hybridized carbons (Fsp3) is 0.625. The van der Waals surface area contributed by atoms with Gasteiger partial charge >= 0.3 is 0 Å². The molecule has 0 aliphatic carbocycles. The number of sulfonamides is 1. The van der Waals surface area contributed by atoms with Crippen molar-refractivity contribution < 1.29 is 8.42 Å². The second kappa shape index (κ2) is 7.30. The second-order valence-electron chi connectivity index (χ2n) is 6.17. The van der Waals surface area contributed by atoms with E-state index in [9.17, 15) is 8.42 Å². The van der Waals surface area contributed by atoms with E-state index in [1.165, 1.54) is 0 Å². The van der Waals surface area contributed by atoms with Crippen molar-refractivity contribution in [3.63, 3.8) is 0 Å². The number of nitrogens with two attached hydrogens (primary N) is 1. The maximum absolute atomic E-state index is 13.0. The van der Waals surface area contributed by atoms with Crippen molar-refractivity contribution in [2.75, 3.05) is 19.6 Å². The van der Waals surface area contributed by atoms with E-state index >= 15 is 0 Å². The molecule has 0 atom stereocenters. The molecule has 1 saturated heterocycles. The minimum atomic E-state index is -3.41. The first-order valence-corrected chi connectivity index (χ1v) is 9.00. The number of rotatable bonds is 3. The molecule has 22 heavy (non-hydrogen) atoms. The third-order valence-electron chi connectivity index (χ3n) is 4.80. The van der Waals surface area contributed by atoms with Gasteiger partial charge in [0.2, 0.25) is 10.0 Å². The lowest BCUT2D eigenvalue weighted by atomic mass is 9.99. The maximum atomic E-state index is 13.0. The normalized spacial score (nSPS) is 17.3. The van der Waals surface area contributed by atoms with E-state index in [0.29, 0.717) is 30.4 Å². The average Bonchev–Trinajstić information content (AvgIpc) is 2.45. The van der Waals surface area contributed by atoms with Crippen molar-refractivity contribution in [2.24, 2.45) is 11.7 Å². The van der Waals surface area contributed by atoms with Crippen molar-refractivity contribution in [1.29, 1.82) is 0 Å². The van der Waals surface area contributed by atoms with Crippen LogP contribution in [0.5, 0.6) is 0 Å². The lowest BCUT2D eigenvalue weighted by Gasteiger charge is -2.31. The number of benzene rings is 1. The van der Waals surface area contributed by atoms with Gasteiger partial charge in [-0.15, -0.1) is 12.4 Å². The maximum Gasteiger partial charge on any atom is 0.243 e. The average molecular weight is 347 g/mol. The summed E-state index contributed by atoms with van der Waals surface area (Å²) in [6.07, 6.45) is 1.72. The predicted octanol–water partition coefficient (Wildman–Crippen LogP) is 2.70. The number of nitrogens with zero attached hydrogens (tertiary/aromatic N) is 1. The molecule has 1 fully saturated rings. The molecule has 0 amide bonds.